The molecule has 0 saturated heterocycles. The van der Waals surface area contributed by atoms with E-state index >= 15 is 0 Å². The van der Waals surface area contributed by atoms with Gasteiger partial charge in [-0.2, -0.15) is 0 Å². The first-order chi connectivity index (χ1) is 8.99. The van der Waals surface area contributed by atoms with E-state index in [9.17, 15) is 4.79 Å². The average Bonchev–Trinajstić information content (AvgIpc) is 2.75. The quantitative estimate of drug-likeness (QED) is 0.822. The first-order valence-corrected chi connectivity index (χ1v) is 6.70. The molecule has 0 saturated carbocycles. The van der Waals surface area contributed by atoms with E-state index in [0.29, 0.717) is 26.5 Å². The van der Waals surface area contributed by atoms with Crippen LogP contribution < -0.4 is 11.1 Å². The summed E-state index contributed by atoms with van der Waals surface area (Å²) in [5, 5.41) is 3.17. The van der Waals surface area contributed by atoms with Gasteiger partial charge in [-0.05, 0) is 40.2 Å². The van der Waals surface area contributed by atoms with E-state index in [-0.39, 0.29) is 10.9 Å². The minimum atomic E-state index is -0.347. The van der Waals surface area contributed by atoms with Crippen molar-refractivity contribution in [1.82, 2.24) is 0 Å². The third kappa shape index (κ3) is 3.15. The molecule has 1 amide bonds. The summed E-state index contributed by atoms with van der Waals surface area (Å²) < 4.78 is 5.35. The fourth-order valence-corrected chi connectivity index (χ4v) is 2.25. The van der Waals surface area contributed by atoms with Crippen molar-refractivity contribution < 1.29 is 9.21 Å². The Bertz CT molecular complexity index is 657. The second-order valence-corrected chi connectivity index (χ2v) is 5.21. The number of benzene rings is 1. The standard InChI is InChI=1S/C12H8BrClN2O2S/c13-10-8(3-4-18-10)12(17)16-9-5-6(14)1-2-7(9)11(15)19/h1-5H,(H2,15,19)(H,16,17). The Kier molecular flexibility index (Phi) is 4.24. The maximum atomic E-state index is 12.1. The van der Waals surface area contributed by atoms with E-state index in [4.69, 9.17) is 34.0 Å². The van der Waals surface area contributed by atoms with Crippen LogP contribution in [0.5, 0.6) is 0 Å². The number of hydrogen-bond acceptors (Lipinski definition) is 3. The molecule has 0 fully saturated rings. The smallest absolute Gasteiger partial charge is 0.260 e. The van der Waals surface area contributed by atoms with Crippen LogP contribution in [-0.4, -0.2) is 10.9 Å². The van der Waals surface area contributed by atoms with Crippen LogP contribution in [-0.2, 0) is 0 Å². The highest BCUT2D eigenvalue weighted by Gasteiger charge is 2.15. The van der Waals surface area contributed by atoms with Crippen molar-refractivity contribution in [1.29, 1.82) is 0 Å². The molecule has 2 rings (SSSR count). The summed E-state index contributed by atoms with van der Waals surface area (Å²) in [5.41, 5.74) is 6.97. The van der Waals surface area contributed by atoms with Crippen LogP contribution in [0.3, 0.4) is 0 Å². The highest BCUT2D eigenvalue weighted by molar-refractivity contribution is 9.10. The Morgan fingerprint density at radius 1 is 1.37 bits per heavy atom. The molecule has 1 heterocycles. The molecule has 0 bridgehead atoms. The molecule has 0 atom stereocenters. The molecule has 4 nitrogen and oxygen atoms in total. The topological polar surface area (TPSA) is 68.3 Å². The molecule has 0 aliphatic rings. The summed E-state index contributed by atoms with van der Waals surface area (Å²) in [6, 6.07) is 6.44. The van der Waals surface area contributed by atoms with E-state index in [1.54, 1.807) is 24.3 Å². The Balaban J connectivity index is 2.33. The van der Waals surface area contributed by atoms with Crippen molar-refractivity contribution >= 4 is 56.3 Å². The van der Waals surface area contributed by atoms with Crippen LogP contribution in [0.1, 0.15) is 15.9 Å². The number of nitrogens with one attached hydrogen (secondary N) is 1. The molecule has 98 valence electrons. The van der Waals surface area contributed by atoms with Crippen molar-refractivity contribution in [3.8, 4) is 0 Å². The van der Waals surface area contributed by atoms with Gasteiger partial charge < -0.3 is 15.5 Å². The summed E-state index contributed by atoms with van der Waals surface area (Å²) >= 11 is 14.0. The van der Waals surface area contributed by atoms with Gasteiger partial charge in [-0.1, -0.05) is 23.8 Å². The number of carbonyl (C=O) groups excluding carboxylic acids is 1. The predicted molar refractivity (Wildman–Crippen MR) is 81.7 cm³/mol. The molecule has 0 spiro atoms. The lowest BCUT2D eigenvalue weighted by Crippen LogP contribution is -2.17. The Hall–Kier alpha value is -1.37. The van der Waals surface area contributed by atoms with E-state index in [0.717, 1.165) is 0 Å². The maximum Gasteiger partial charge on any atom is 0.260 e. The number of carbonyl (C=O) groups is 1. The zero-order chi connectivity index (χ0) is 14.0. The average molecular weight is 360 g/mol. The van der Waals surface area contributed by atoms with Crippen molar-refractivity contribution in [2.24, 2.45) is 5.73 Å². The van der Waals surface area contributed by atoms with Crippen LogP contribution in [0.25, 0.3) is 0 Å². The number of thiocarbonyl (C=S) groups is 1. The molecule has 0 aliphatic carbocycles. The Morgan fingerprint density at radius 2 is 2.11 bits per heavy atom. The fourth-order valence-electron chi connectivity index (χ4n) is 1.48. The van der Waals surface area contributed by atoms with Gasteiger partial charge in [-0.15, -0.1) is 0 Å². The molecular weight excluding hydrogens is 352 g/mol. The third-order valence-corrected chi connectivity index (χ3v) is 3.43. The molecule has 0 aliphatic heterocycles. The van der Waals surface area contributed by atoms with Gasteiger partial charge in [-0.25, -0.2) is 0 Å². The van der Waals surface area contributed by atoms with E-state index < -0.39 is 0 Å². The van der Waals surface area contributed by atoms with Gasteiger partial charge in [0.15, 0.2) is 4.67 Å². The molecular formula is C12H8BrClN2O2S. The molecule has 3 N–H and O–H groups in total. The highest BCUT2D eigenvalue weighted by atomic mass is 79.9. The van der Waals surface area contributed by atoms with Crippen LogP contribution >= 0.6 is 39.7 Å². The van der Waals surface area contributed by atoms with E-state index in [2.05, 4.69) is 21.2 Å². The summed E-state index contributed by atoms with van der Waals surface area (Å²) in [4.78, 5) is 12.2. The summed E-state index contributed by atoms with van der Waals surface area (Å²) in [5.74, 6) is -0.347. The van der Waals surface area contributed by atoms with E-state index in [1.807, 2.05) is 0 Å². The fraction of sp³-hybridized carbons (Fsp3) is 0. The maximum absolute atomic E-state index is 12.1. The molecule has 2 aromatic rings. The minimum absolute atomic E-state index is 0.179. The summed E-state index contributed by atoms with van der Waals surface area (Å²) in [6.45, 7) is 0. The lowest BCUT2D eigenvalue weighted by molar-refractivity contribution is 0.102. The van der Waals surface area contributed by atoms with Gasteiger partial charge in [0, 0.05) is 10.6 Å². The van der Waals surface area contributed by atoms with Gasteiger partial charge in [0.1, 0.15) is 4.99 Å². The summed E-state index contributed by atoms with van der Waals surface area (Å²) in [6.07, 6.45) is 1.41. The molecule has 0 radical (unpaired) electrons. The van der Waals surface area contributed by atoms with Gasteiger partial charge in [0.25, 0.3) is 5.91 Å². The normalized spacial score (nSPS) is 10.2. The first-order valence-electron chi connectivity index (χ1n) is 5.12. The lowest BCUT2D eigenvalue weighted by atomic mass is 10.1. The molecule has 1 aromatic heterocycles. The molecule has 1 aromatic carbocycles. The minimum Gasteiger partial charge on any atom is -0.457 e. The van der Waals surface area contributed by atoms with E-state index in [1.165, 1.54) is 6.26 Å². The number of halogens is 2. The highest BCUT2D eigenvalue weighted by Crippen LogP contribution is 2.24. The lowest BCUT2D eigenvalue weighted by Gasteiger charge is -2.10. The largest absolute Gasteiger partial charge is 0.457 e. The van der Waals surface area contributed by atoms with Gasteiger partial charge in [0.2, 0.25) is 0 Å². The van der Waals surface area contributed by atoms with Crippen molar-refractivity contribution in [2.45, 2.75) is 0 Å². The zero-order valence-electron chi connectivity index (χ0n) is 9.44. The number of amides is 1. The second kappa shape index (κ2) is 5.73. The monoisotopic (exact) mass is 358 g/mol. The third-order valence-electron chi connectivity index (χ3n) is 2.36. The number of nitrogens with two attached hydrogens (primary N) is 1. The van der Waals surface area contributed by atoms with Crippen LogP contribution in [0.4, 0.5) is 5.69 Å². The zero-order valence-corrected chi connectivity index (χ0v) is 12.6. The van der Waals surface area contributed by atoms with Crippen molar-refractivity contribution in [2.75, 3.05) is 5.32 Å². The van der Waals surface area contributed by atoms with Crippen LogP contribution in [0, 0.1) is 0 Å². The van der Waals surface area contributed by atoms with Gasteiger partial charge >= 0.3 is 0 Å². The number of hydrogen-bond donors (Lipinski definition) is 2. The molecule has 19 heavy (non-hydrogen) atoms. The van der Waals surface area contributed by atoms with Gasteiger partial charge in [-0.3, -0.25) is 4.79 Å². The number of rotatable bonds is 3. The summed E-state index contributed by atoms with van der Waals surface area (Å²) in [7, 11) is 0. The second-order valence-electron chi connectivity index (χ2n) is 3.62. The Labute approximate surface area is 128 Å². The van der Waals surface area contributed by atoms with Crippen molar-refractivity contribution in [3.63, 3.8) is 0 Å². The molecule has 7 heteroatoms. The van der Waals surface area contributed by atoms with Crippen molar-refractivity contribution in [3.05, 3.63) is 51.3 Å². The van der Waals surface area contributed by atoms with Gasteiger partial charge in [0.05, 0.1) is 17.5 Å². The molecule has 0 unspecified atom stereocenters. The SMILES string of the molecule is NC(=S)c1ccc(Cl)cc1NC(=O)c1ccoc1Br. The van der Waals surface area contributed by atoms with Crippen LogP contribution in [0.2, 0.25) is 5.02 Å². The number of furan rings is 1. The predicted octanol–water partition coefficient (Wildman–Crippen LogP) is 3.58. The van der Waals surface area contributed by atoms with Crippen LogP contribution in [0.15, 0.2) is 39.6 Å². The number of anilines is 1. The Morgan fingerprint density at radius 3 is 2.68 bits per heavy atom. The first kappa shape index (κ1) is 14.0.